The van der Waals surface area contributed by atoms with E-state index in [4.69, 9.17) is 4.42 Å². The van der Waals surface area contributed by atoms with Gasteiger partial charge in [0.15, 0.2) is 11.3 Å². The second-order valence-corrected chi connectivity index (χ2v) is 9.67. The summed E-state index contributed by atoms with van der Waals surface area (Å²) in [5, 5.41) is 3.85. The van der Waals surface area contributed by atoms with Crippen LogP contribution in [0.2, 0.25) is 0 Å². The number of likely N-dealkylation sites (tertiary alicyclic amines) is 2. The first-order chi connectivity index (χ1) is 15.5. The number of hydrogen-bond acceptors (Lipinski definition) is 5. The average molecular weight is 441 g/mol. The molecular weight excluding hydrogens is 404 g/mol. The van der Waals surface area contributed by atoms with Gasteiger partial charge in [-0.15, -0.1) is 0 Å². The molecule has 0 atom stereocenters. The minimum Gasteiger partial charge on any atom is -0.449 e. The first kappa shape index (κ1) is 22.8. The van der Waals surface area contributed by atoms with Gasteiger partial charge < -0.3 is 19.5 Å². The SMILES string of the molecule is CC(C)N1CCC(CC(=O)N2CCC(CCNC(=O)c3cc4ccncc4o3)CC2)CC1. The monoisotopic (exact) mass is 440 g/mol. The summed E-state index contributed by atoms with van der Waals surface area (Å²) in [5.74, 6) is 1.57. The van der Waals surface area contributed by atoms with Gasteiger partial charge in [0, 0.05) is 43.7 Å². The quantitative estimate of drug-likeness (QED) is 0.710. The molecule has 2 aliphatic rings. The Morgan fingerprint density at radius 2 is 1.84 bits per heavy atom. The molecule has 2 amide bonds. The number of nitrogens with zero attached hydrogens (tertiary/aromatic N) is 3. The van der Waals surface area contributed by atoms with Crippen molar-refractivity contribution < 1.29 is 14.0 Å². The summed E-state index contributed by atoms with van der Waals surface area (Å²) in [4.78, 5) is 33.7. The lowest BCUT2D eigenvalue weighted by molar-refractivity contribution is -0.134. The number of piperidine rings is 2. The number of carbonyl (C=O) groups is 2. The number of furan rings is 1. The number of nitrogens with one attached hydrogen (secondary N) is 1. The predicted molar refractivity (Wildman–Crippen MR) is 124 cm³/mol. The van der Waals surface area contributed by atoms with Crippen molar-refractivity contribution in [3.05, 3.63) is 30.3 Å². The fourth-order valence-electron chi connectivity index (χ4n) is 4.99. The van der Waals surface area contributed by atoms with Crippen LogP contribution in [-0.4, -0.2) is 65.4 Å². The molecule has 4 rings (SSSR count). The molecule has 0 aromatic carbocycles. The highest BCUT2D eigenvalue weighted by Gasteiger charge is 2.27. The molecule has 2 saturated heterocycles. The van der Waals surface area contributed by atoms with Crippen LogP contribution in [-0.2, 0) is 4.79 Å². The van der Waals surface area contributed by atoms with E-state index in [1.807, 2.05) is 6.07 Å². The number of hydrogen-bond donors (Lipinski definition) is 1. The van der Waals surface area contributed by atoms with E-state index >= 15 is 0 Å². The van der Waals surface area contributed by atoms with Crippen LogP contribution >= 0.6 is 0 Å². The lowest BCUT2D eigenvalue weighted by Gasteiger charge is -2.36. The van der Waals surface area contributed by atoms with Crippen molar-refractivity contribution in [1.29, 1.82) is 0 Å². The highest BCUT2D eigenvalue weighted by molar-refractivity contribution is 5.95. The number of fused-ring (bicyclic) bond motifs is 1. The largest absolute Gasteiger partial charge is 0.449 e. The van der Waals surface area contributed by atoms with Crippen LogP contribution < -0.4 is 5.32 Å². The molecule has 0 unspecified atom stereocenters. The maximum atomic E-state index is 12.8. The molecule has 0 saturated carbocycles. The molecule has 2 fully saturated rings. The molecule has 0 spiro atoms. The van der Waals surface area contributed by atoms with Crippen molar-refractivity contribution in [3.63, 3.8) is 0 Å². The van der Waals surface area contributed by atoms with E-state index in [0.29, 0.717) is 48.1 Å². The van der Waals surface area contributed by atoms with Gasteiger partial charge in [0.05, 0.1) is 6.20 Å². The van der Waals surface area contributed by atoms with Crippen molar-refractivity contribution in [2.24, 2.45) is 11.8 Å². The smallest absolute Gasteiger partial charge is 0.287 e. The zero-order valence-corrected chi connectivity index (χ0v) is 19.4. The Balaban J connectivity index is 1.13. The Kier molecular flexibility index (Phi) is 7.45. The van der Waals surface area contributed by atoms with Gasteiger partial charge in [-0.25, -0.2) is 0 Å². The van der Waals surface area contributed by atoms with Gasteiger partial charge in [0.2, 0.25) is 5.91 Å². The number of pyridine rings is 1. The van der Waals surface area contributed by atoms with E-state index in [1.54, 1.807) is 18.5 Å². The summed E-state index contributed by atoms with van der Waals surface area (Å²) >= 11 is 0. The standard InChI is InChI=1S/C25H36N4O3/c1-18(2)28-11-7-20(8-12-28)15-24(30)29-13-5-19(6-14-29)3-10-27-25(31)22-16-21-4-9-26-17-23(21)32-22/h4,9,16-20H,3,5-8,10-15H2,1-2H3,(H,27,31). The molecule has 4 heterocycles. The van der Waals surface area contributed by atoms with Gasteiger partial charge in [-0.3, -0.25) is 14.6 Å². The Hall–Kier alpha value is -2.41. The summed E-state index contributed by atoms with van der Waals surface area (Å²) < 4.78 is 5.57. The fraction of sp³-hybridized carbons (Fsp3) is 0.640. The van der Waals surface area contributed by atoms with Gasteiger partial charge in [-0.2, -0.15) is 0 Å². The van der Waals surface area contributed by atoms with Gasteiger partial charge in [0.1, 0.15) is 0 Å². The van der Waals surface area contributed by atoms with E-state index in [1.165, 1.54) is 0 Å². The first-order valence-corrected chi connectivity index (χ1v) is 12.1. The molecule has 2 aliphatic heterocycles. The van der Waals surface area contributed by atoms with Gasteiger partial charge in [-0.1, -0.05) is 0 Å². The Morgan fingerprint density at radius 3 is 2.53 bits per heavy atom. The second-order valence-electron chi connectivity index (χ2n) is 9.67. The Morgan fingerprint density at radius 1 is 1.12 bits per heavy atom. The molecule has 1 N–H and O–H groups in total. The molecule has 7 heteroatoms. The van der Waals surface area contributed by atoms with Crippen molar-refractivity contribution in [2.45, 2.75) is 58.4 Å². The lowest BCUT2D eigenvalue weighted by atomic mass is 9.90. The molecule has 0 radical (unpaired) electrons. The summed E-state index contributed by atoms with van der Waals surface area (Å²) in [5.41, 5.74) is 0.625. The molecule has 2 aromatic rings. The number of rotatable bonds is 7. The third kappa shape index (κ3) is 5.68. The van der Waals surface area contributed by atoms with Crippen molar-refractivity contribution in [1.82, 2.24) is 20.1 Å². The predicted octanol–water partition coefficient (Wildman–Crippen LogP) is 3.70. The van der Waals surface area contributed by atoms with Crippen LogP contribution in [0.1, 0.15) is 62.9 Å². The van der Waals surface area contributed by atoms with Crippen molar-refractivity contribution >= 4 is 22.8 Å². The van der Waals surface area contributed by atoms with E-state index in [2.05, 4.69) is 33.9 Å². The highest BCUT2D eigenvalue weighted by atomic mass is 16.3. The summed E-state index contributed by atoms with van der Waals surface area (Å²) in [6.07, 6.45) is 9.27. The minimum atomic E-state index is -0.183. The highest BCUT2D eigenvalue weighted by Crippen LogP contribution is 2.25. The molecule has 7 nitrogen and oxygen atoms in total. The number of aromatic nitrogens is 1. The van der Waals surface area contributed by atoms with E-state index < -0.39 is 0 Å². The van der Waals surface area contributed by atoms with E-state index in [-0.39, 0.29) is 5.91 Å². The second kappa shape index (κ2) is 10.5. The van der Waals surface area contributed by atoms with E-state index in [0.717, 1.165) is 63.7 Å². The van der Waals surface area contributed by atoms with Crippen LogP contribution in [0, 0.1) is 11.8 Å². The third-order valence-electron chi connectivity index (χ3n) is 7.19. The normalized spacial score (nSPS) is 19.0. The van der Waals surface area contributed by atoms with Crippen molar-refractivity contribution in [2.75, 3.05) is 32.7 Å². The summed E-state index contributed by atoms with van der Waals surface area (Å²) in [7, 11) is 0. The Labute approximate surface area is 190 Å². The molecule has 32 heavy (non-hydrogen) atoms. The Bertz CT molecular complexity index is 876. The van der Waals surface area contributed by atoms with Crippen LogP contribution in [0.3, 0.4) is 0 Å². The zero-order chi connectivity index (χ0) is 22.5. The molecule has 2 aromatic heterocycles. The third-order valence-corrected chi connectivity index (χ3v) is 7.19. The van der Waals surface area contributed by atoms with E-state index in [9.17, 15) is 9.59 Å². The maximum absolute atomic E-state index is 12.8. The summed E-state index contributed by atoms with van der Waals surface area (Å²) in [6, 6.07) is 4.19. The topological polar surface area (TPSA) is 78.7 Å². The van der Waals surface area contributed by atoms with Crippen LogP contribution in [0.15, 0.2) is 28.9 Å². The minimum absolute atomic E-state index is 0.183. The first-order valence-electron chi connectivity index (χ1n) is 12.1. The van der Waals surface area contributed by atoms with Gasteiger partial charge in [0.25, 0.3) is 5.91 Å². The van der Waals surface area contributed by atoms with Gasteiger partial charge >= 0.3 is 0 Å². The lowest BCUT2D eigenvalue weighted by Crippen LogP contribution is -2.42. The number of amides is 2. The van der Waals surface area contributed by atoms with Crippen LogP contribution in [0.4, 0.5) is 0 Å². The maximum Gasteiger partial charge on any atom is 0.287 e. The van der Waals surface area contributed by atoms with Gasteiger partial charge in [-0.05, 0) is 83.0 Å². The molecule has 174 valence electrons. The van der Waals surface area contributed by atoms with Crippen LogP contribution in [0.25, 0.3) is 11.0 Å². The number of carbonyl (C=O) groups excluding carboxylic acids is 2. The molecule has 0 aliphatic carbocycles. The zero-order valence-electron chi connectivity index (χ0n) is 19.4. The molecular formula is C25H36N4O3. The fourth-order valence-corrected chi connectivity index (χ4v) is 4.99. The average Bonchev–Trinajstić information content (AvgIpc) is 3.24. The molecule has 0 bridgehead atoms. The van der Waals surface area contributed by atoms with Crippen molar-refractivity contribution in [3.8, 4) is 0 Å². The van der Waals surface area contributed by atoms with Crippen LogP contribution in [0.5, 0.6) is 0 Å². The summed E-state index contributed by atoms with van der Waals surface area (Å²) in [6.45, 7) is 9.05.